The number of carbonyl (C=O) groups is 1. The minimum absolute atomic E-state index is 0.298. The minimum Gasteiger partial charge on any atom is -0.308 e. The van der Waals surface area contributed by atoms with Crippen LogP contribution in [-0.4, -0.2) is 16.0 Å². The van der Waals surface area contributed by atoms with Gasteiger partial charge >= 0.3 is 6.03 Å². The number of benzene rings is 1. The molecule has 0 aliphatic heterocycles. The Balaban J connectivity index is 1.98. The maximum Gasteiger partial charge on any atom is 0.324 e. The zero-order valence-corrected chi connectivity index (χ0v) is 10.6. The average molecular weight is 311 g/mol. The first kappa shape index (κ1) is 12.4. The van der Waals surface area contributed by atoms with Gasteiger partial charge in [0.05, 0.1) is 12.4 Å². The molecular weight excluding hydrogens is 303 g/mol. The molecule has 1 heterocycles. The molecule has 2 aromatic rings. The van der Waals surface area contributed by atoms with Crippen molar-refractivity contribution < 1.29 is 9.18 Å². The Morgan fingerprint density at radius 1 is 1.22 bits per heavy atom. The highest BCUT2D eigenvalue weighted by molar-refractivity contribution is 9.10. The van der Waals surface area contributed by atoms with E-state index < -0.39 is 11.8 Å². The molecule has 0 fully saturated rings. The van der Waals surface area contributed by atoms with Gasteiger partial charge in [-0.2, -0.15) is 0 Å². The summed E-state index contributed by atoms with van der Waals surface area (Å²) in [5, 5.41) is 4.95. The zero-order chi connectivity index (χ0) is 13.0. The van der Waals surface area contributed by atoms with E-state index in [0.29, 0.717) is 16.1 Å². The molecule has 0 atom stereocenters. The topological polar surface area (TPSA) is 66.9 Å². The van der Waals surface area contributed by atoms with Gasteiger partial charge in [-0.25, -0.2) is 19.2 Å². The van der Waals surface area contributed by atoms with Crippen LogP contribution >= 0.6 is 15.9 Å². The van der Waals surface area contributed by atoms with Crippen molar-refractivity contribution >= 4 is 33.5 Å². The molecule has 0 bridgehead atoms. The van der Waals surface area contributed by atoms with Gasteiger partial charge in [-0.3, -0.25) is 5.32 Å². The first-order chi connectivity index (χ1) is 8.63. The number of rotatable bonds is 2. The number of halogens is 2. The molecule has 0 aliphatic rings. The van der Waals surface area contributed by atoms with E-state index in [9.17, 15) is 9.18 Å². The third-order valence-electron chi connectivity index (χ3n) is 1.94. The van der Waals surface area contributed by atoms with E-state index in [1.807, 2.05) is 0 Å². The van der Waals surface area contributed by atoms with Crippen LogP contribution in [0.15, 0.2) is 41.3 Å². The molecule has 1 aromatic carbocycles. The second-order valence-electron chi connectivity index (χ2n) is 3.31. The van der Waals surface area contributed by atoms with Crippen LogP contribution in [0.3, 0.4) is 0 Å². The van der Waals surface area contributed by atoms with Gasteiger partial charge in [-0.05, 0) is 34.1 Å². The molecule has 18 heavy (non-hydrogen) atoms. The largest absolute Gasteiger partial charge is 0.324 e. The summed E-state index contributed by atoms with van der Waals surface area (Å²) in [7, 11) is 0. The zero-order valence-electron chi connectivity index (χ0n) is 9.02. The highest BCUT2D eigenvalue weighted by atomic mass is 79.9. The molecular formula is C11H8BrFN4O. The monoisotopic (exact) mass is 310 g/mol. The predicted molar refractivity (Wildman–Crippen MR) is 68.8 cm³/mol. The quantitative estimate of drug-likeness (QED) is 0.896. The van der Waals surface area contributed by atoms with Gasteiger partial charge in [-0.15, -0.1) is 0 Å². The number of nitrogens with one attached hydrogen (secondary N) is 2. The number of aromatic nitrogens is 2. The lowest BCUT2D eigenvalue weighted by molar-refractivity contribution is 0.262. The maximum absolute atomic E-state index is 12.9. The van der Waals surface area contributed by atoms with Gasteiger partial charge < -0.3 is 5.32 Å². The van der Waals surface area contributed by atoms with Gasteiger partial charge in [0.15, 0.2) is 5.82 Å². The van der Waals surface area contributed by atoms with Crippen molar-refractivity contribution in [2.45, 2.75) is 0 Å². The van der Waals surface area contributed by atoms with E-state index in [0.717, 1.165) is 0 Å². The van der Waals surface area contributed by atoms with Crippen molar-refractivity contribution in [3.63, 3.8) is 0 Å². The normalized spacial score (nSPS) is 9.89. The number of nitrogens with zero attached hydrogens (tertiary/aromatic N) is 2. The third-order valence-corrected chi connectivity index (χ3v) is 2.35. The fourth-order valence-electron chi connectivity index (χ4n) is 1.22. The lowest BCUT2D eigenvalue weighted by Crippen LogP contribution is -2.20. The van der Waals surface area contributed by atoms with Crippen molar-refractivity contribution in [3.05, 3.63) is 47.1 Å². The molecule has 0 saturated carbocycles. The van der Waals surface area contributed by atoms with E-state index in [2.05, 4.69) is 36.5 Å². The summed E-state index contributed by atoms with van der Waals surface area (Å²) in [6.07, 6.45) is 2.85. The molecule has 2 amide bonds. The number of amides is 2. The lowest BCUT2D eigenvalue weighted by atomic mass is 10.3. The number of urea groups is 1. The van der Waals surface area contributed by atoms with Crippen LogP contribution < -0.4 is 10.6 Å². The summed E-state index contributed by atoms with van der Waals surface area (Å²) < 4.78 is 13.5. The highest BCUT2D eigenvalue weighted by Gasteiger charge is 2.04. The Morgan fingerprint density at radius 2 is 2.06 bits per heavy atom. The van der Waals surface area contributed by atoms with E-state index in [1.165, 1.54) is 30.6 Å². The van der Waals surface area contributed by atoms with E-state index in [-0.39, 0.29) is 0 Å². The molecule has 5 nitrogen and oxygen atoms in total. The molecule has 0 spiro atoms. The Bertz CT molecular complexity index is 561. The van der Waals surface area contributed by atoms with Crippen LogP contribution in [0.5, 0.6) is 0 Å². The minimum atomic E-state index is -0.516. The second kappa shape index (κ2) is 5.54. The van der Waals surface area contributed by atoms with Crippen molar-refractivity contribution in [2.75, 3.05) is 10.6 Å². The standard InChI is InChI=1S/C11H8BrFN4O/c12-9-5-15-10(6-14-9)17-11(18)16-8-3-1-2-7(13)4-8/h1-6H,(H2,15,16,17,18). The predicted octanol–water partition coefficient (Wildman–Crippen LogP) is 3.02. The Labute approximate surface area is 111 Å². The molecule has 1 aromatic heterocycles. The van der Waals surface area contributed by atoms with E-state index in [1.54, 1.807) is 6.07 Å². The Kier molecular flexibility index (Phi) is 3.83. The van der Waals surface area contributed by atoms with Crippen LogP contribution in [0.2, 0.25) is 0 Å². The number of hydrogen-bond donors (Lipinski definition) is 2. The Morgan fingerprint density at radius 3 is 2.72 bits per heavy atom. The number of anilines is 2. The van der Waals surface area contributed by atoms with Crippen LogP contribution in [0, 0.1) is 5.82 Å². The SMILES string of the molecule is O=C(Nc1cccc(F)c1)Nc1cnc(Br)cn1. The molecule has 0 saturated heterocycles. The van der Waals surface area contributed by atoms with Gasteiger partial charge in [0.25, 0.3) is 0 Å². The average Bonchev–Trinajstić information content (AvgIpc) is 2.32. The first-order valence-corrected chi connectivity index (χ1v) is 5.74. The summed E-state index contributed by atoms with van der Waals surface area (Å²) in [5.74, 6) is -0.122. The van der Waals surface area contributed by atoms with Crippen molar-refractivity contribution in [1.29, 1.82) is 0 Å². The molecule has 0 aliphatic carbocycles. The fourth-order valence-corrected chi connectivity index (χ4v) is 1.43. The van der Waals surface area contributed by atoms with E-state index >= 15 is 0 Å². The molecule has 0 radical (unpaired) electrons. The molecule has 2 N–H and O–H groups in total. The van der Waals surface area contributed by atoms with Crippen molar-refractivity contribution in [1.82, 2.24) is 9.97 Å². The second-order valence-corrected chi connectivity index (χ2v) is 4.13. The number of carbonyl (C=O) groups excluding carboxylic acids is 1. The van der Waals surface area contributed by atoms with Crippen LogP contribution in [0.1, 0.15) is 0 Å². The smallest absolute Gasteiger partial charge is 0.308 e. The molecule has 0 unspecified atom stereocenters. The van der Waals surface area contributed by atoms with E-state index in [4.69, 9.17) is 0 Å². The lowest BCUT2D eigenvalue weighted by Gasteiger charge is -2.06. The highest BCUT2D eigenvalue weighted by Crippen LogP contribution is 2.10. The maximum atomic E-state index is 12.9. The third kappa shape index (κ3) is 3.49. The van der Waals surface area contributed by atoms with Crippen LogP contribution in [0.25, 0.3) is 0 Å². The van der Waals surface area contributed by atoms with Crippen LogP contribution in [0.4, 0.5) is 20.7 Å². The summed E-state index contributed by atoms with van der Waals surface area (Å²) in [4.78, 5) is 19.4. The van der Waals surface area contributed by atoms with Gasteiger partial charge in [0, 0.05) is 5.69 Å². The summed E-state index contributed by atoms with van der Waals surface area (Å²) in [5.41, 5.74) is 0.359. The molecule has 7 heteroatoms. The van der Waals surface area contributed by atoms with Crippen molar-refractivity contribution in [3.8, 4) is 0 Å². The molecule has 92 valence electrons. The first-order valence-electron chi connectivity index (χ1n) is 4.94. The number of hydrogen-bond acceptors (Lipinski definition) is 3. The van der Waals surface area contributed by atoms with Gasteiger partial charge in [0.1, 0.15) is 10.4 Å². The van der Waals surface area contributed by atoms with Gasteiger partial charge in [0.2, 0.25) is 0 Å². The van der Waals surface area contributed by atoms with Crippen molar-refractivity contribution in [2.24, 2.45) is 0 Å². The van der Waals surface area contributed by atoms with Crippen LogP contribution in [-0.2, 0) is 0 Å². The summed E-state index contributed by atoms with van der Waals surface area (Å²) in [6, 6.07) is 5.08. The summed E-state index contributed by atoms with van der Waals surface area (Å²) >= 11 is 3.13. The summed E-state index contributed by atoms with van der Waals surface area (Å²) in [6.45, 7) is 0. The molecule has 2 rings (SSSR count). The van der Waals surface area contributed by atoms with Gasteiger partial charge in [-0.1, -0.05) is 6.07 Å². The fraction of sp³-hybridized carbons (Fsp3) is 0. The Hall–Kier alpha value is -2.02.